The number of hydrogen-bond acceptors (Lipinski definition) is 4. The van der Waals surface area contributed by atoms with Crippen LogP contribution in [0.3, 0.4) is 0 Å². The molecule has 1 N–H and O–H groups in total. The number of halogens is 2. The summed E-state index contributed by atoms with van der Waals surface area (Å²) >= 11 is 9.35. The van der Waals surface area contributed by atoms with Crippen LogP contribution in [0.1, 0.15) is 12.5 Å². The molecule has 2 amide bonds. The number of likely N-dealkylation sites (N-methyl/N-ethyl adjacent to an activating group) is 1. The first-order valence-corrected chi connectivity index (χ1v) is 13.3. The highest BCUT2D eigenvalue weighted by atomic mass is 79.9. The molecule has 0 aromatic heterocycles. The molecule has 10 heteroatoms. The molecule has 3 aromatic rings. The monoisotopic (exact) mass is 577 g/mol. The van der Waals surface area contributed by atoms with E-state index in [2.05, 4.69) is 21.2 Å². The van der Waals surface area contributed by atoms with Gasteiger partial charge in [0.25, 0.3) is 10.0 Å². The maximum Gasteiger partial charge on any atom is 0.264 e. The van der Waals surface area contributed by atoms with E-state index >= 15 is 0 Å². The molecule has 0 aliphatic rings. The lowest BCUT2D eigenvalue weighted by molar-refractivity contribution is -0.139. The van der Waals surface area contributed by atoms with Crippen LogP contribution >= 0.6 is 27.5 Å². The second kappa shape index (κ2) is 11.7. The van der Waals surface area contributed by atoms with Gasteiger partial charge in [-0.15, -0.1) is 0 Å². The number of benzene rings is 3. The Morgan fingerprint density at radius 3 is 2.26 bits per heavy atom. The molecule has 0 aliphatic carbocycles. The highest BCUT2D eigenvalue weighted by Gasteiger charge is 2.32. The van der Waals surface area contributed by atoms with Crippen molar-refractivity contribution in [1.29, 1.82) is 0 Å². The number of nitrogens with zero attached hydrogens (tertiary/aromatic N) is 2. The van der Waals surface area contributed by atoms with E-state index in [1.165, 1.54) is 24.1 Å². The van der Waals surface area contributed by atoms with Crippen molar-refractivity contribution in [1.82, 2.24) is 10.2 Å². The summed E-state index contributed by atoms with van der Waals surface area (Å²) in [6, 6.07) is 20.7. The fourth-order valence-electron chi connectivity index (χ4n) is 3.46. The van der Waals surface area contributed by atoms with Gasteiger partial charge in [-0.05, 0) is 55.0 Å². The van der Waals surface area contributed by atoms with Gasteiger partial charge in [-0.25, -0.2) is 8.42 Å². The average Bonchev–Trinajstić information content (AvgIpc) is 2.86. The molecule has 35 heavy (non-hydrogen) atoms. The Hall–Kier alpha value is -2.88. The van der Waals surface area contributed by atoms with E-state index < -0.39 is 28.5 Å². The fraction of sp³-hybridized carbons (Fsp3) is 0.200. The topological polar surface area (TPSA) is 86.8 Å². The van der Waals surface area contributed by atoms with Crippen LogP contribution < -0.4 is 9.62 Å². The minimum absolute atomic E-state index is 0.0522. The quantitative estimate of drug-likeness (QED) is 0.406. The zero-order chi connectivity index (χ0) is 25.6. The van der Waals surface area contributed by atoms with Crippen LogP contribution in [0, 0.1) is 0 Å². The highest BCUT2D eigenvalue weighted by molar-refractivity contribution is 9.10. The van der Waals surface area contributed by atoms with Crippen molar-refractivity contribution in [3.05, 3.63) is 93.9 Å². The van der Waals surface area contributed by atoms with Gasteiger partial charge in [-0.2, -0.15) is 0 Å². The average molecular weight is 579 g/mol. The van der Waals surface area contributed by atoms with E-state index in [4.69, 9.17) is 11.6 Å². The highest BCUT2D eigenvalue weighted by Crippen LogP contribution is 2.27. The summed E-state index contributed by atoms with van der Waals surface area (Å²) in [6.45, 7) is 1.20. The minimum Gasteiger partial charge on any atom is -0.357 e. The molecule has 0 saturated carbocycles. The third-order valence-electron chi connectivity index (χ3n) is 5.39. The van der Waals surface area contributed by atoms with Crippen LogP contribution in [0.4, 0.5) is 5.69 Å². The lowest BCUT2D eigenvalue weighted by Gasteiger charge is -2.31. The first kappa shape index (κ1) is 26.7. The zero-order valence-corrected chi connectivity index (χ0v) is 22.3. The van der Waals surface area contributed by atoms with Crippen molar-refractivity contribution in [2.24, 2.45) is 0 Å². The Morgan fingerprint density at radius 1 is 1.00 bits per heavy atom. The van der Waals surface area contributed by atoms with Crippen molar-refractivity contribution in [3.63, 3.8) is 0 Å². The SMILES string of the molecule is CNC(=O)[C@H](C)N(Cc1ccc(Cl)cc1)C(=O)CN(c1cccc(Br)c1)S(=O)(=O)c1ccccc1. The van der Waals surface area contributed by atoms with E-state index in [1.807, 2.05) is 0 Å². The van der Waals surface area contributed by atoms with Gasteiger partial charge in [0.15, 0.2) is 0 Å². The molecule has 0 heterocycles. The molecule has 0 bridgehead atoms. The zero-order valence-electron chi connectivity index (χ0n) is 19.2. The molecule has 0 aliphatic heterocycles. The Bertz CT molecular complexity index is 1290. The van der Waals surface area contributed by atoms with Crippen LogP contribution in [-0.4, -0.2) is 44.8 Å². The summed E-state index contributed by atoms with van der Waals surface area (Å²) in [4.78, 5) is 27.5. The van der Waals surface area contributed by atoms with Gasteiger partial charge in [0.05, 0.1) is 10.6 Å². The second-order valence-corrected chi connectivity index (χ2v) is 11.0. The van der Waals surface area contributed by atoms with Crippen LogP contribution in [0.25, 0.3) is 0 Å². The van der Waals surface area contributed by atoms with Gasteiger partial charge in [0.2, 0.25) is 11.8 Å². The second-order valence-electron chi connectivity index (χ2n) is 7.74. The lowest BCUT2D eigenvalue weighted by Crippen LogP contribution is -2.50. The molecule has 3 rings (SSSR count). The Morgan fingerprint density at radius 2 is 1.66 bits per heavy atom. The van der Waals surface area contributed by atoms with Gasteiger partial charge >= 0.3 is 0 Å². The number of rotatable bonds is 9. The van der Waals surface area contributed by atoms with Crippen molar-refractivity contribution < 1.29 is 18.0 Å². The van der Waals surface area contributed by atoms with Crippen LogP contribution in [0.15, 0.2) is 88.2 Å². The van der Waals surface area contributed by atoms with E-state index in [0.29, 0.717) is 15.2 Å². The van der Waals surface area contributed by atoms with Crippen molar-refractivity contribution >= 4 is 55.1 Å². The molecule has 0 radical (unpaired) electrons. The third kappa shape index (κ3) is 6.62. The van der Waals surface area contributed by atoms with E-state index in [9.17, 15) is 18.0 Å². The van der Waals surface area contributed by atoms with Crippen LogP contribution in [-0.2, 0) is 26.2 Å². The fourth-order valence-corrected chi connectivity index (χ4v) is 5.40. The van der Waals surface area contributed by atoms with Gasteiger partial charge < -0.3 is 10.2 Å². The maximum atomic E-state index is 13.6. The van der Waals surface area contributed by atoms with Gasteiger partial charge in [0, 0.05) is 23.1 Å². The summed E-state index contributed by atoms with van der Waals surface area (Å²) in [6.07, 6.45) is 0. The number of nitrogens with one attached hydrogen (secondary N) is 1. The molecule has 0 unspecified atom stereocenters. The Balaban J connectivity index is 2.01. The third-order valence-corrected chi connectivity index (χ3v) is 7.92. The molecule has 0 saturated heterocycles. The molecule has 1 atom stereocenters. The van der Waals surface area contributed by atoms with Crippen molar-refractivity contribution in [3.8, 4) is 0 Å². The number of anilines is 1. The smallest absolute Gasteiger partial charge is 0.264 e. The van der Waals surface area contributed by atoms with E-state index in [1.54, 1.807) is 73.7 Å². The molecule has 0 fully saturated rings. The number of sulfonamides is 1. The normalized spacial score (nSPS) is 12.0. The van der Waals surface area contributed by atoms with Crippen molar-refractivity contribution in [2.45, 2.75) is 24.4 Å². The standard InChI is InChI=1S/C25H25BrClN3O4S/c1-18(25(32)28-2)29(16-19-11-13-21(27)14-12-19)24(31)17-30(22-8-6-7-20(26)15-22)35(33,34)23-9-4-3-5-10-23/h3-15,18H,16-17H2,1-2H3,(H,28,32)/t18-/m0/s1. The summed E-state index contributed by atoms with van der Waals surface area (Å²) in [5.41, 5.74) is 1.06. The molecule has 7 nitrogen and oxygen atoms in total. The molecular formula is C25H25BrClN3O4S. The van der Waals surface area contributed by atoms with Crippen LogP contribution in [0.5, 0.6) is 0 Å². The summed E-state index contributed by atoms with van der Waals surface area (Å²) in [7, 11) is -2.60. The number of carbonyl (C=O) groups excluding carboxylic acids is 2. The molecule has 0 spiro atoms. The predicted molar refractivity (Wildman–Crippen MR) is 141 cm³/mol. The molecular weight excluding hydrogens is 554 g/mol. The van der Waals surface area contributed by atoms with E-state index in [0.717, 1.165) is 9.87 Å². The van der Waals surface area contributed by atoms with Gasteiger partial charge in [-0.1, -0.05) is 63.9 Å². The minimum atomic E-state index is -4.08. The number of amides is 2. The number of carbonyl (C=O) groups is 2. The number of hydrogen-bond donors (Lipinski definition) is 1. The maximum absolute atomic E-state index is 13.6. The van der Waals surface area contributed by atoms with Crippen molar-refractivity contribution in [2.75, 3.05) is 17.9 Å². The molecule has 3 aromatic carbocycles. The predicted octanol–water partition coefficient (Wildman–Crippen LogP) is 4.46. The largest absolute Gasteiger partial charge is 0.357 e. The summed E-state index contributed by atoms with van der Waals surface area (Å²) < 4.78 is 28.9. The Kier molecular flexibility index (Phi) is 8.93. The van der Waals surface area contributed by atoms with Gasteiger partial charge in [0.1, 0.15) is 12.6 Å². The first-order chi connectivity index (χ1) is 16.6. The lowest BCUT2D eigenvalue weighted by atomic mass is 10.1. The van der Waals surface area contributed by atoms with Crippen LogP contribution in [0.2, 0.25) is 5.02 Å². The van der Waals surface area contributed by atoms with Gasteiger partial charge in [-0.3, -0.25) is 13.9 Å². The Labute approximate surface area is 218 Å². The van der Waals surface area contributed by atoms with E-state index in [-0.39, 0.29) is 17.3 Å². The first-order valence-electron chi connectivity index (χ1n) is 10.7. The summed E-state index contributed by atoms with van der Waals surface area (Å²) in [5, 5.41) is 3.09. The summed E-state index contributed by atoms with van der Waals surface area (Å²) in [5.74, 6) is -0.900. The molecule has 184 valence electrons.